The molecule has 0 bridgehead atoms. The van der Waals surface area contributed by atoms with E-state index in [4.69, 9.17) is 5.41 Å². The van der Waals surface area contributed by atoms with E-state index in [-0.39, 0.29) is 23.5 Å². The van der Waals surface area contributed by atoms with Gasteiger partial charge in [-0.05, 0) is 36.8 Å². The number of alkyl halides is 2. The summed E-state index contributed by atoms with van der Waals surface area (Å²) in [5, 5.41) is 23.1. The molecule has 4 N–H and O–H groups in total. The minimum Gasteiger partial charge on any atom is -0.385 e. The van der Waals surface area contributed by atoms with Crippen LogP contribution < -0.4 is 16.0 Å². The molecule has 3 aliphatic heterocycles. The average molecular weight is 669 g/mol. The highest BCUT2D eigenvalue weighted by molar-refractivity contribution is 5.97. The first kappa shape index (κ1) is 35.3. The van der Waals surface area contributed by atoms with Crippen LogP contribution >= 0.6 is 0 Å². The van der Waals surface area contributed by atoms with Gasteiger partial charge in [0.05, 0.1) is 19.3 Å². The van der Waals surface area contributed by atoms with Crippen molar-refractivity contribution in [2.24, 2.45) is 7.05 Å². The molecule has 3 amide bonds. The van der Waals surface area contributed by atoms with Crippen molar-refractivity contribution in [2.75, 3.05) is 79.5 Å². The molecule has 0 radical (unpaired) electrons. The number of piperazine rings is 1. The molecule has 3 aliphatic rings. The van der Waals surface area contributed by atoms with Crippen molar-refractivity contribution in [3.8, 4) is 11.1 Å². The van der Waals surface area contributed by atoms with Crippen LogP contribution in [0.4, 0.5) is 13.6 Å². The number of hydrogen-bond donors (Lipinski definition) is 4. The number of aryl methyl sites for hydroxylation is 2. The smallest absolute Gasteiger partial charge is 0.317 e. The standard InChI is InChI=1S/C34H50F2N10O2/c1-38-34(48)46-16-10-30(41-26-8-14-45(15-9-26)31(47)23-44-17-11-39-12-18-44)29(22-46)33(37)42(2)13-4-5-24-6-7-27(32(35)36)28(19-24)25-20-40-43(3)21-25/h6-7,19-21,26,32,37,39,41H,4-5,8-18,22-23H2,1-3H3,(H,38,48). The van der Waals surface area contributed by atoms with Gasteiger partial charge in [-0.3, -0.25) is 19.8 Å². The lowest BCUT2D eigenvalue weighted by atomic mass is 9.97. The Morgan fingerprint density at radius 1 is 1.12 bits per heavy atom. The van der Waals surface area contributed by atoms with Gasteiger partial charge in [0.1, 0.15) is 5.84 Å². The first-order valence-corrected chi connectivity index (χ1v) is 17.0. The van der Waals surface area contributed by atoms with Crippen molar-refractivity contribution in [3.05, 3.63) is 53.0 Å². The zero-order chi connectivity index (χ0) is 34.2. The van der Waals surface area contributed by atoms with Gasteiger partial charge in [0, 0.05) is 115 Å². The molecule has 0 unspecified atom stereocenters. The van der Waals surface area contributed by atoms with Crippen LogP contribution in [-0.2, 0) is 18.3 Å². The molecule has 2 saturated heterocycles. The minimum absolute atomic E-state index is 0.0110. The molecule has 0 spiro atoms. The zero-order valence-electron chi connectivity index (χ0n) is 28.4. The van der Waals surface area contributed by atoms with Gasteiger partial charge in [0.2, 0.25) is 5.91 Å². The lowest BCUT2D eigenvalue weighted by Crippen LogP contribution is -2.52. The van der Waals surface area contributed by atoms with Gasteiger partial charge in [-0.25, -0.2) is 13.6 Å². The van der Waals surface area contributed by atoms with Gasteiger partial charge in [-0.15, -0.1) is 0 Å². The van der Waals surface area contributed by atoms with E-state index in [1.165, 1.54) is 6.07 Å². The van der Waals surface area contributed by atoms with E-state index < -0.39 is 6.43 Å². The topological polar surface area (TPSA) is 125 Å². The van der Waals surface area contributed by atoms with Crippen molar-refractivity contribution in [1.82, 2.24) is 45.3 Å². The number of likely N-dealkylation sites (tertiary alicyclic amines) is 1. The number of carbonyl (C=O) groups is 2. The molecule has 0 saturated carbocycles. The third-order valence-electron chi connectivity index (χ3n) is 9.64. The second-order valence-electron chi connectivity index (χ2n) is 13.0. The number of carbonyl (C=O) groups excluding carboxylic acids is 2. The number of benzene rings is 1. The second kappa shape index (κ2) is 16.4. The van der Waals surface area contributed by atoms with E-state index in [1.807, 2.05) is 22.9 Å². The molecular formula is C34H50F2N10O2. The number of halogens is 2. The number of rotatable bonds is 11. The number of nitrogens with one attached hydrogen (secondary N) is 4. The predicted octanol–water partition coefficient (Wildman–Crippen LogP) is 2.65. The van der Waals surface area contributed by atoms with Crippen molar-refractivity contribution in [2.45, 2.75) is 44.6 Å². The highest BCUT2D eigenvalue weighted by Crippen LogP contribution is 2.32. The fourth-order valence-corrected chi connectivity index (χ4v) is 6.77. The SMILES string of the molecule is CNC(=O)N1CCC(NC2CCN(C(=O)CN3CCNCC3)CC2)=C(C(=N)N(C)CCCc2ccc(C(F)F)c(-c3cnn(C)c3)c2)C1. The Morgan fingerprint density at radius 3 is 2.54 bits per heavy atom. The van der Waals surface area contributed by atoms with E-state index in [2.05, 4.69) is 25.9 Å². The summed E-state index contributed by atoms with van der Waals surface area (Å²) < 4.78 is 29.1. The van der Waals surface area contributed by atoms with Crippen LogP contribution in [0.5, 0.6) is 0 Å². The molecule has 1 aromatic heterocycles. The number of aromatic nitrogens is 2. The lowest BCUT2D eigenvalue weighted by Gasteiger charge is -2.38. The summed E-state index contributed by atoms with van der Waals surface area (Å²) in [6.45, 7) is 6.98. The Morgan fingerprint density at radius 2 is 1.88 bits per heavy atom. The number of amidine groups is 1. The number of piperidine rings is 1. The number of likely N-dealkylation sites (N-methyl/N-ethyl adjacent to an activating group) is 1. The summed E-state index contributed by atoms with van der Waals surface area (Å²) in [5.74, 6) is 0.551. The van der Waals surface area contributed by atoms with Crippen LogP contribution in [0.1, 0.15) is 43.2 Å². The Labute approximate surface area is 282 Å². The van der Waals surface area contributed by atoms with Crippen molar-refractivity contribution >= 4 is 17.8 Å². The van der Waals surface area contributed by atoms with Crippen LogP contribution in [0.3, 0.4) is 0 Å². The third-order valence-corrected chi connectivity index (χ3v) is 9.64. The highest BCUT2D eigenvalue weighted by Gasteiger charge is 2.30. The molecule has 48 heavy (non-hydrogen) atoms. The van der Waals surface area contributed by atoms with Gasteiger partial charge >= 0.3 is 6.03 Å². The van der Waals surface area contributed by atoms with Crippen LogP contribution in [-0.4, -0.2) is 133 Å². The van der Waals surface area contributed by atoms with Crippen LogP contribution in [0.15, 0.2) is 41.9 Å². The van der Waals surface area contributed by atoms with Crippen molar-refractivity contribution in [3.63, 3.8) is 0 Å². The number of nitrogens with zero attached hydrogens (tertiary/aromatic N) is 6. The Kier molecular flexibility index (Phi) is 12.0. The summed E-state index contributed by atoms with van der Waals surface area (Å²) in [6, 6.07) is 5.09. The second-order valence-corrected chi connectivity index (χ2v) is 13.0. The first-order chi connectivity index (χ1) is 23.1. The minimum atomic E-state index is -2.58. The molecule has 262 valence electrons. The molecule has 12 nitrogen and oxygen atoms in total. The van der Waals surface area contributed by atoms with E-state index in [1.54, 1.807) is 42.1 Å². The van der Waals surface area contributed by atoms with Gasteiger partial charge in [0.25, 0.3) is 6.43 Å². The molecule has 0 atom stereocenters. The fraction of sp³-hybridized carbons (Fsp3) is 0.588. The van der Waals surface area contributed by atoms with Gasteiger partial charge in [-0.1, -0.05) is 18.2 Å². The lowest BCUT2D eigenvalue weighted by molar-refractivity contribution is -0.133. The van der Waals surface area contributed by atoms with Crippen LogP contribution in [0.25, 0.3) is 11.1 Å². The van der Waals surface area contributed by atoms with Crippen molar-refractivity contribution < 1.29 is 18.4 Å². The maximum absolute atomic E-state index is 13.8. The van der Waals surface area contributed by atoms with E-state index in [0.717, 1.165) is 62.3 Å². The fourth-order valence-electron chi connectivity index (χ4n) is 6.77. The maximum atomic E-state index is 13.8. The molecule has 4 heterocycles. The number of hydrogen-bond acceptors (Lipinski definition) is 7. The molecule has 2 aromatic rings. The largest absolute Gasteiger partial charge is 0.385 e. The Balaban J connectivity index is 1.20. The summed E-state index contributed by atoms with van der Waals surface area (Å²) in [6.07, 6.45) is 4.42. The number of amides is 3. The molecule has 2 fully saturated rings. The normalized spacial score (nSPS) is 18.0. The quantitative estimate of drug-likeness (QED) is 0.215. The Bertz CT molecular complexity index is 1460. The van der Waals surface area contributed by atoms with Gasteiger partial charge < -0.3 is 30.7 Å². The van der Waals surface area contributed by atoms with E-state index in [0.29, 0.717) is 69.1 Å². The number of urea groups is 1. The molecule has 0 aliphatic carbocycles. The monoisotopic (exact) mass is 668 g/mol. The predicted molar refractivity (Wildman–Crippen MR) is 182 cm³/mol. The van der Waals surface area contributed by atoms with E-state index >= 15 is 0 Å². The molecule has 5 rings (SSSR count). The summed E-state index contributed by atoms with van der Waals surface area (Å²) >= 11 is 0. The Hall–Kier alpha value is -4.04. The summed E-state index contributed by atoms with van der Waals surface area (Å²) in [5.41, 5.74) is 3.87. The van der Waals surface area contributed by atoms with Gasteiger partial charge in [0.15, 0.2) is 0 Å². The molecular weight excluding hydrogens is 618 g/mol. The van der Waals surface area contributed by atoms with Crippen LogP contribution in [0, 0.1) is 5.41 Å². The maximum Gasteiger partial charge on any atom is 0.317 e. The average Bonchev–Trinajstić information content (AvgIpc) is 3.54. The molecule has 14 heteroatoms. The van der Waals surface area contributed by atoms with Crippen LogP contribution in [0.2, 0.25) is 0 Å². The summed E-state index contributed by atoms with van der Waals surface area (Å²) in [7, 11) is 5.26. The summed E-state index contributed by atoms with van der Waals surface area (Å²) in [4.78, 5) is 33.3. The highest BCUT2D eigenvalue weighted by atomic mass is 19.3. The first-order valence-electron chi connectivity index (χ1n) is 17.0. The zero-order valence-corrected chi connectivity index (χ0v) is 28.4. The van der Waals surface area contributed by atoms with Crippen molar-refractivity contribution in [1.29, 1.82) is 5.41 Å². The van der Waals surface area contributed by atoms with Gasteiger partial charge in [-0.2, -0.15) is 5.10 Å². The third kappa shape index (κ3) is 8.90. The van der Waals surface area contributed by atoms with E-state index in [9.17, 15) is 18.4 Å². The molecule has 1 aromatic carbocycles.